The highest BCUT2D eigenvalue weighted by atomic mass is 16.3. The van der Waals surface area contributed by atoms with Gasteiger partial charge >= 0.3 is 0 Å². The highest BCUT2D eigenvalue weighted by molar-refractivity contribution is 5.98. The third kappa shape index (κ3) is 3.54. The standard InChI is InChI=1S/C18H18N6O2/c1-11-6-8-12(9-7-11)21-15(25)10-24-14-5-3-2-4-13(14)16(17(24)26)22-23-18(19)20/h2-9,26H,10H2,1H3,(H3,19,20)(H,21,25). The van der Waals surface area contributed by atoms with Crippen LogP contribution in [0.1, 0.15) is 5.56 Å². The lowest BCUT2D eigenvalue weighted by Crippen LogP contribution is -2.18. The zero-order valence-electron chi connectivity index (χ0n) is 14.1. The molecule has 2 aromatic carbocycles. The molecule has 0 aliphatic carbocycles. The Morgan fingerprint density at radius 3 is 2.62 bits per heavy atom. The molecular weight excluding hydrogens is 332 g/mol. The van der Waals surface area contributed by atoms with Gasteiger partial charge in [0.05, 0.1) is 5.52 Å². The number of hydrogen-bond acceptors (Lipinski definition) is 4. The second-order valence-corrected chi connectivity index (χ2v) is 5.77. The van der Waals surface area contributed by atoms with Crippen LogP contribution in [-0.2, 0) is 11.3 Å². The molecular formula is C18H18N6O2. The molecule has 3 rings (SSSR count). The Bertz CT molecular complexity index is 1000. The minimum Gasteiger partial charge on any atom is -0.493 e. The number of nitrogens with zero attached hydrogens (tertiary/aromatic N) is 3. The quantitative estimate of drug-likeness (QED) is 0.327. The Labute approximate surface area is 149 Å². The normalized spacial score (nSPS) is 11.1. The van der Waals surface area contributed by atoms with Crippen LogP contribution in [0.4, 0.5) is 11.4 Å². The minimum atomic E-state index is -0.474. The van der Waals surface area contributed by atoms with Crippen molar-refractivity contribution < 1.29 is 9.90 Å². The Balaban J connectivity index is 1.92. The highest BCUT2D eigenvalue weighted by Crippen LogP contribution is 2.38. The van der Waals surface area contributed by atoms with Crippen LogP contribution in [0.2, 0.25) is 0 Å². The van der Waals surface area contributed by atoms with Crippen LogP contribution in [0.25, 0.3) is 10.9 Å². The number of hydrogen-bond donors (Lipinski definition) is 4. The van der Waals surface area contributed by atoms with Crippen molar-refractivity contribution in [1.82, 2.24) is 4.57 Å². The van der Waals surface area contributed by atoms with Gasteiger partial charge in [0.15, 0.2) is 5.69 Å². The number of aromatic nitrogens is 1. The summed E-state index contributed by atoms with van der Waals surface area (Å²) in [5.74, 6) is -0.978. The predicted molar refractivity (Wildman–Crippen MR) is 99.8 cm³/mol. The van der Waals surface area contributed by atoms with E-state index in [2.05, 4.69) is 15.5 Å². The smallest absolute Gasteiger partial charge is 0.244 e. The molecule has 0 aliphatic heterocycles. The van der Waals surface area contributed by atoms with Crippen LogP contribution in [0.5, 0.6) is 5.88 Å². The van der Waals surface area contributed by atoms with Crippen LogP contribution < -0.4 is 11.1 Å². The number of nitrogens with two attached hydrogens (primary N) is 1. The zero-order chi connectivity index (χ0) is 18.7. The summed E-state index contributed by atoms with van der Waals surface area (Å²) in [5, 5.41) is 28.4. The second-order valence-electron chi connectivity index (χ2n) is 5.77. The SMILES string of the molecule is Cc1ccc(NC(=O)Cn2c(O)c(N=NC(=N)N)c3ccccc32)cc1. The van der Waals surface area contributed by atoms with E-state index in [0.29, 0.717) is 16.6 Å². The van der Waals surface area contributed by atoms with Crippen LogP contribution in [0.3, 0.4) is 0 Å². The molecule has 8 heteroatoms. The lowest BCUT2D eigenvalue weighted by molar-refractivity contribution is -0.116. The molecule has 0 bridgehead atoms. The number of nitrogens with one attached hydrogen (secondary N) is 2. The second kappa shape index (κ2) is 7.06. The van der Waals surface area contributed by atoms with Gasteiger partial charge in [-0.15, -0.1) is 10.2 Å². The van der Waals surface area contributed by atoms with Gasteiger partial charge in [0.1, 0.15) is 6.54 Å². The average molecular weight is 350 g/mol. The van der Waals surface area contributed by atoms with Gasteiger partial charge in [0, 0.05) is 11.1 Å². The van der Waals surface area contributed by atoms with E-state index >= 15 is 0 Å². The molecule has 1 aromatic heterocycles. The number of rotatable bonds is 4. The summed E-state index contributed by atoms with van der Waals surface area (Å²) in [6, 6.07) is 14.5. The predicted octanol–water partition coefficient (Wildman–Crippen LogP) is 3.27. The lowest BCUT2D eigenvalue weighted by Gasteiger charge is -2.08. The van der Waals surface area contributed by atoms with Crippen molar-refractivity contribution in [2.45, 2.75) is 13.5 Å². The van der Waals surface area contributed by atoms with Crippen LogP contribution in [0, 0.1) is 12.3 Å². The van der Waals surface area contributed by atoms with E-state index in [0.717, 1.165) is 5.56 Å². The van der Waals surface area contributed by atoms with E-state index in [1.54, 1.807) is 24.3 Å². The van der Waals surface area contributed by atoms with Gasteiger partial charge in [-0.3, -0.25) is 10.2 Å². The molecule has 0 saturated heterocycles. The van der Waals surface area contributed by atoms with Crippen LogP contribution in [-0.4, -0.2) is 21.5 Å². The first-order valence-corrected chi connectivity index (χ1v) is 7.88. The van der Waals surface area contributed by atoms with E-state index in [-0.39, 0.29) is 24.0 Å². The summed E-state index contributed by atoms with van der Waals surface area (Å²) in [6.07, 6.45) is 0. The van der Waals surface area contributed by atoms with E-state index in [4.69, 9.17) is 11.1 Å². The first-order valence-electron chi connectivity index (χ1n) is 7.88. The maximum atomic E-state index is 12.4. The number of guanidine groups is 1. The number of benzene rings is 2. The molecule has 1 amide bonds. The molecule has 5 N–H and O–H groups in total. The first-order chi connectivity index (χ1) is 12.5. The Kier molecular flexibility index (Phi) is 4.66. The molecule has 0 spiro atoms. The van der Waals surface area contributed by atoms with Gasteiger partial charge in [-0.05, 0) is 25.1 Å². The summed E-state index contributed by atoms with van der Waals surface area (Å²) < 4.78 is 1.44. The minimum absolute atomic E-state index is 0.101. The first kappa shape index (κ1) is 17.2. The number of fused-ring (bicyclic) bond motifs is 1. The van der Waals surface area contributed by atoms with E-state index in [9.17, 15) is 9.90 Å². The number of carbonyl (C=O) groups is 1. The number of aromatic hydroxyl groups is 1. The van der Waals surface area contributed by atoms with Gasteiger partial charge in [-0.2, -0.15) is 0 Å². The largest absolute Gasteiger partial charge is 0.493 e. The average Bonchev–Trinajstić information content (AvgIpc) is 2.87. The van der Waals surface area contributed by atoms with Crippen LogP contribution in [0.15, 0.2) is 58.8 Å². The van der Waals surface area contributed by atoms with Crippen molar-refractivity contribution in [3.05, 3.63) is 54.1 Å². The van der Waals surface area contributed by atoms with Gasteiger partial charge < -0.3 is 20.7 Å². The summed E-state index contributed by atoms with van der Waals surface area (Å²) in [7, 11) is 0. The van der Waals surface area contributed by atoms with E-state index in [1.165, 1.54) is 4.57 Å². The van der Waals surface area contributed by atoms with E-state index in [1.807, 2.05) is 31.2 Å². The number of amides is 1. The van der Waals surface area contributed by atoms with Gasteiger partial charge in [-0.1, -0.05) is 35.9 Å². The van der Waals surface area contributed by atoms with E-state index < -0.39 is 5.96 Å². The maximum Gasteiger partial charge on any atom is 0.244 e. The molecule has 0 saturated carbocycles. The maximum absolute atomic E-state index is 12.4. The molecule has 8 nitrogen and oxygen atoms in total. The third-order valence-corrected chi connectivity index (χ3v) is 3.81. The molecule has 1 heterocycles. The molecule has 0 aliphatic rings. The lowest BCUT2D eigenvalue weighted by atomic mass is 10.2. The van der Waals surface area contributed by atoms with Gasteiger partial charge in [0.25, 0.3) is 0 Å². The molecule has 0 atom stereocenters. The van der Waals surface area contributed by atoms with Crippen molar-refractivity contribution in [3.63, 3.8) is 0 Å². The summed E-state index contributed by atoms with van der Waals surface area (Å²) >= 11 is 0. The number of anilines is 1. The summed E-state index contributed by atoms with van der Waals surface area (Å²) in [5.41, 5.74) is 7.75. The van der Waals surface area contributed by atoms with Crippen molar-refractivity contribution in [2.75, 3.05) is 5.32 Å². The number of azo groups is 1. The third-order valence-electron chi connectivity index (χ3n) is 3.81. The topological polar surface area (TPSA) is 129 Å². The monoisotopic (exact) mass is 350 g/mol. The van der Waals surface area contributed by atoms with Gasteiger partial charge in [0.2, 0.25) is 17.7 Å². The summed E-state index contributed by atoms with van der Waals surface area (Å²) in [6.45, 7) is 1.86. The Morgan fingerprint density at radius 1 is 1.23 bits per heavy atom. The molecule has 3 aromatic rings. The van der Waals surface area contributed by atoms with Crippen molar-refractivity contribution in [2.24, 2.45) is 16.0 Å². The Morgan fingerprint density at radius 2 is 1.92 bits per heavy atom. The van der Waals surface area contributed by atoms with Crippen LogP contribution >= 0.6 is 0 Å². The van der Waals surface area contributed by atoms with Crippen molar-refractivity contribution in [1.29, 1.82) is 5.41 Å². The fourth-order valence-corrected chi connectivity index (χ4v) is 2.62. The molecule has 132 valence electrons. The fourth-order valence-electron chi connectivity index (χ4n) is 2.62. The van der Waals surface area contributed by atoms with Gasteiger partial charge in [-0.25, -0.2) is 0 Å². The zero-order valence-corrected chi connectivity index (χ0v) is 14.1. The number of carbonyl (C=O) groups excluding carboxylic acids is 1. The fraction of sp³-hybridized carbons (Fsp3) is 0.111. The number of aryl methyl sites for hydroxylation is 1. The van der Waals surface area contributed by atoms with Crippen molar-refractivity contribution >= 4 is 34.1 Å². The molecule has 0 radical (unpaired) electrons. The van der Waals surface area contributed by atoms with Crippen molar-refractivity contribution in [3.8, 4) is 5.88 Å². The number of para-hydroxylation sites is 1. The summed E-state index contributed by atoms with van der Waals surface area (Å²) in [4.78, 5) is 12.4. The highest BCUT2D eigenvalue weighted by Gasteiger charge is 2.18. The molecule has 0 unspecified atom stereocenters. The molecule has 0 fully saturated rings. The Hall–Kier alpha value is -3.68. The molecule has 26 heavy (non-hydrogen) atoms.